The number of carbonyl (C=O) groups excluding carboxylic acids is 1. The van der Waals surface area contributed by atoms with E-state index in [2.05, 4.69) is 29.1 Å². The summed E-state index contributed by atoms with van der Waals surface area (Å²) in [5, 5.41) is 3.93. The molecule has 0 amide bonds. The number of allylic oxidation sites excluding steroid dienone is 2. The van der Waals surface area contributed by atoms with Crippen LogP contribution in [0.4, 0.5) is 17.6 Å². The second kappa shape index (κ2) is 5.71. The molecule has 1 aromatic heterocycles. The second-order valence-electron chi connectivity index (χ2n) is 7.67. The van der Waals surface area contributed by atoms with Crippen LogP contribution in [0.15, 0.2) is 35.5 Å². The van der Waals surface area contributed by atoms with Crippen molar-refractivity contribution in [3.63, 3.8) is 0 Å². The second-order valence-corrected chi connectivity index (χ2v) is 8.11. The zero-order chi connectivity index (χ0) is 18.6. The molecule has 26 heavy (non-hydrogen) atoms. The first kappa shape index (κ1) is 16.8. The number of halogens is 1. The maximum atomic E-state index is 13.1. The lowest BCUT2D eigenvalue weighted by atomic mass is 9.69. The monoisotopic (exact) mass is 369 g/mol. The molecular formula is C19H20ClN5O. The number of aromatic nitrogens is 2. The van der Waals surface area contributed by atoms with Crippen molar-refractivity contribution in [2.45, 2.75) is 32.6 Å². The molecule has 4 rings (SSSR count). The van der Waals surface area contributed by atoms with Gasteiger partial charge in [0.15, 0.2) is 5.78 Å². The normalized spacial score (nSPS) is 21.0. The number of hydrogen-bond donors (Lipinski definition) is 3. The largest absolute Gasteiger partial charge is 0.383 e. The van der Waals surface area contributed by atoms with Gasteiger partial charge in [0.2, 0.25) is 5.95 Å². The number of anilines is 3. The van der Waals surface area contributed by atoms with Crippen molar-refractivity contribution >= 4 is 35.0 Å². The number of nitrogens with two attached hydrogens (primary N) is 2. The Morgan fingerprint density at radius 1 is 1.15 bits per heavy atom. The van der Waals surface area contributed by atoms with Gasteiger partial charge in [-0.05, 0) is 29.5 Å². The number of carbonyl (C=O) groups is 1. The Balaban J connectivity index is 1.97. The predicted molar refractivity (Wildman–Crippen MR) is 103 cm³/mol. The van der Waals surface area contributed by atoms with Gasteiger partial charge in [-0.3, -0.25) is 4.79 Å². The van der Waals surface area contributed by atoms with E-state index in [4.69, 9.17) is 23.1 Å². The van der Waals surface area contributed by atoms with E-state index in [1.165, 1.54) is 0 Å². The van der Waals surface area contributed by atoms with Gasteiger partial charge in [0.05, 0.1) is 0 Å². The highest BCUT2D eigenvalue weighted by Crippen LogP contribution is 2.49. The number of hydrogen-bond acceptors (Lipinski definition) is 6. The van der Waals surface area contributed by atoms with Crippen LogP contribution in [0.3, 0.4) is 0 Å². The minimum Gasteiger partial charge on any atom is -0.383 e. The summed E-state index contributed by atoms with van der Waals surface area (Å²) in [6.07, 6.45) is 1.24. The summed E-state index contributed by atoms with van der Waals surface area (Å²) in [6, 6.07) is 7.44. The van der Waals surface area contributed by atoms with Gasteiger partial charge in [-0.15, -0.1) is 0 Å². The van der Waals surface area contributed by atoms with Gasteiger partial charge in [0.1, 0.15) is 11.6 Å². The molecule has 0 saturated carbocycles. The lowest BCUT2D eigenvalue weighted by Gasteiger charge is -2.39. The van der Waals surface area contributed by atoms with E-state index in [9.17, 15) is 4.79 Å². The summed E-state index contributed by atoms with van der Waals surface area (Å²) in [4.78, 5) is 21.5. The van der Waals surface area contributed by atoms with Crippen molar-refractivity contribution in [1.29, 1.82) is 0 Å². The molecule has 0 fully saturated rings. The quantitative estimate of drug-likeness (QED) is 0.710. The predicted octanol–water partition coefficient (Wildman–Crippen LogP) is 3.50. The van der Waals surface area contributed by atoms with E-state index in [1.54, 1.807) is 0 Å². The summed E-state index contributed by atoms with van der Waals surface area (Å²) in [5.74, 6) is 0.741. The molecule has 2 aromatic rings. The van der Waals surface area contributed by atoms with Crippen molar-refractivity contribution < 1.29 is 4.79 Å². The highest BCUT2D eigenvalue weighted by atomic mass is 35.5. The standard InChI is InChI=1S/C19H20ClN5O/c1-19(2)7-11-14(12(26)8-19)13(9-3-5-10(20)6-4-9)15-16(21)24-18(22)25-17(15)23-11/h3-6,13H,7-8H2,1-2H3,(H5,21,22,23,24,25). The molecule has 1 unspecified atom stereocenters. The Morgan fingerprint density at radius 3 is 2.54 bits per heavy atom. The number of nitrogens with zero attached hydrogens (tertiary/aromatic N) is 2. The van der Waals surface area contributed by atoms with Gasteiger partial charge in [0, 0.05) is 34.2 Å². The third-order valence-corrected chi connectivity index (χ3v) is 5.21. The third-order valence-electron chi connectivity index (χ3n) is 4.96. The molecule has 0 radical (unpaired) electrons. The first-order valence-corrected chi connectivity index (χ1v) is 8.84. The number of nitrogen functional groups attached to an aromatic ring is 2. The summed E-state index contributed by atoms with van der Waals surface area (Å²) in [7, 11) is 0. The number of benzene rings is 1. The molecule has 5 N–H and O–H groups in total. The molecular weight excluding hydrogens is 350 g/mol. The molecule has 2 aliphatic rings. The number of Topliss-reactive ketones (excluding diaryl/α,β-unsaturated/α-hetero) is 1. The highest BCUT2D eigenvalue weighted by molar-refractivity contribution is 6.30. The van der Waals surface area contributed by atoms with Gasteiger partial charge in [-0.25, -0.2) is 0 Å². The SMILES string of the molecule is CC1(C)CC(=O)C2=C(C1)Nc1nc(N)nc(N)c1C2c1ccc(Cl)cc1. The Bertz CT molecular complexity index is 949. The van der Waals surface area contributed by atoms with E-state index in [0.717, 1.165) is 23.3 Å². The van der Waals surface area contributed by atoms with Crippen molar-refractivity contribution in [2.75, 3.05) is 16.8 Å². The fraction of sp³-hybridized carbons (Fsp3) is 0.316. The summed E-state index contributed by atoms with van der Waals surface area (Å²) in [6.45, 7) is 4.18. The van der Waals surface area contributed by atoms with Crippen LogP contribution in [0.5, 0.6) is 0 Å². The van der Waals surface area contributed by atoms with Crippen LogP contribution in [0.1, 0.15) is 43.7 Å². The molecule has 0 saturated heterocycles. The minimum atomic E-state index is -0.331. The number of nitrogens with one attached hydrogen (secondary N) is 1. The molecule has 2 heterocycles. The maximum absolute atomic E-state index is 13.1. The molecule has 1 aliphatic heterocycles. The van der Waals surface area contributed by atoms with Crippen molar-refractivity contribution in [3.05, 3.63) is 51.7 Å². The first-order chi connectivity index (χ1) is 12.2. The van der Waals surface area contributed by atoms with E-state index in [-0.39, 0.29) is 28.9 Å². The van der Waals surface area contributed by atoms with Crippen molar-refractivity contribution in [3.8, 4) is 0 Å². The molecule has 134 valence electrons. The Morgan fingerprint density at radius 2 is 1.85 bits per heavy atom. The molecule has 1 aromatic carbocycles. The van der Waals surface area contributed by atoms with Gasteiger partial charge in [0.25, 0.3) is 0 Å². The molecule has 6 nitrogen and oxygen atoms in total. The van der Waals surface area contributed by atoms with Crippen LogP contribution < -0.4 is 16.8 Å². The van der Waals surface area contributed by atoms with Crippen LogP contribution in [-0.2, 0) is 4.79 Å². The number of ketones is 1. The highest BCUT2D eigenvalue weighted by Gasteiger charge is 2.42. The average Bonchev–Trinajstić information content (AvgIpc) is 2.52. The van der Waals surface area contributed by atoms with Crippen LogP contribution in [0, 0.1) is 5.41 Å². The molecule has 7 heteroatoms. The molecule has 0 bridgehead atoms. The van der Waals surface area contributed by atoms with Crippen LogP contribution in [0.25, 0.3) is 0 Å². The first-order valence-electron chi connectivity index (χ1n) is 8.47. The van der Waals surface area contributed by atoms with E-state index >= 15 is 0 Å². The maximum Gasteiger partial charge on any atom is 0.223 e. The Hall–Kier alpha value is -2.60. The van der Waals surface area contributed by atoms with Crippen LogP contribution >= 0.6 is 11.6 Å². The molecule has 1 aliphatic carbocycles. The zero-order valence-corrected chi connectivity index (χ0v) is 15.4. The van der Waals surface area contributed by atoms with Gasteiger partial charge in [-0.1, -0.05) is 37.6 Å². The smallest absolute Gasteiger partial charge is 0.223 e. The van der Waals surface area contributed by atoms with E-state index in [1.807, 2.05) is 24.3 Å². The lowest BCUT2D eigenvalue weighted by Crippen LogP contribution is -2.34. The minimum absolute atomic E-state index is 0.106. The van der Waals surface area contributed by atoms with Crippen LogP contribution in [0.2, 0.25) is 5.02 Å². The number of rotatable bonds is 1. The Kier molecular flexibility index (Phi) is 3.70. The zero-order valence-electron chi connectivity index (χ0n) is 14.6. The third kappa shape index (κ3) is 2.70. The number of fused-ring (bicyclic) bond motifs is 1. The Labute approximate surface area is 156 Å². The summed E-state index contributed by atoms with van der Waals surface area (Å²) < 4.78 is 0. The van der Waals surface area contributed by atoms with Crippen molar-refractivity contribution in [2.24, 2.45) is 5.41 Å². The van der Waals surface area contributed by atoms with E-state index < -0.39 is 0 Å². The summed E-state index contributed by atoms with van der Waals surface area (Å²) >= 11 is 6.05. The van der Waals surface area contributed by atoms with E-state index in [0.29, 0.717) is 22.8 Å². The van der Waals surface area contributed by atoms with Gasteiger partial charge >= 0.3 is 0 Å². The van der Waals surface area contributed by atoms with Crippen LogP contribution in [-0.4, -0.2) is 15.8 Å². The molecule has 1 atom stereocenters. The average molecular weight is 370 g/mol. The van der Waals surface area contributed by atoms with Gasteiger partial charge in [-0.2, -0.15) is 9.97 Å². The van der Waals surface area contributed by atoms with Gasteiger partial charge < -0.3 is 16.8 Å². The lowest BCUT2D eigenvalue weighted by molar-refractivity contribution is -0.118. The summed E-state index contributed by atoms with van der Waals surface area (Å²) in [5.41, 5.74) is 15.1. The fourth-order valence-corrected chi connectivity index (χ4v) is 4.07. The topological polar surface area (TPSA) is 107 Å². The molecule has 0 spiro atoms. The van der Waals surface area contributed by atoms with Crippen molar-refractivity contribution in [1.82, 2.24) is 9.97 Å². The fourth-order valence-electron chi connectivity index (χ4n) is 3.94.